The van der Waals surface area contributed by atoms with E-state index < -0.39 is 0 Å². The quantitative estimate of drug-likeness (QED) is 0.839. The lowest BCUT2D eigenvalue weighted by atomic mass is 10.1. The van der Waals surface area contributed by atoms with Crippen LogP contribution < -0.4 is 10.2 Å². The van der Waals surface area contributed by atoms with Gasteiger partial charge in [0.1, 0.15) is 17.7 Å². The molecular weight excluding hydrogens is 351 g/mol. The molecule has 7 heteroatoms. The third kappa shape index (κ3) is 4.38. The zero-order chi connectivity index (χ0) is 18.7. The average molecular weight is 377 g/mol. The molecule has 3 rings (SSSR count). The molecule has 2 atom stereocenters. The van der Waals surface area contributed by atoms with Crippen molar-refractivity contribution in [1.82, 2.24) is 14.7 Å². The molecule has 0 unspecified atom stereocenters. The second-order valence-electron chi connectivity index (χ2n) is 7.19. The number of carbonyl (C=O) groups is 1. The highest BCUT2D eigenvalue weighted by Crippen LogP contribution is 2.28. The number of anilines is 1. The van der Waals surface area contributed by atoms with E-state index in [1.54, 1.807) is 12.1 Å². The largest absolute Gasteiger partial charge is 0.352 e. The Kier molecular flexibility index (Phi) is 5.86. The van der Waals surface area contributed by atoms with Crippen molar-refractivity contribution in [2.45, 2.75) is 52.1 Å². The lowest BCUT2D eigenvalue weighted by Gasteiger charge is -2.25. The number of benzene rings is 1. The molecule has 1 amide bonds. The van der Waals surface area contributed by atoms with Crippen LogP contribution in [0.25, 0.3) is 0 Å². The van der Waals surface area contributed by atoms with Crippen LogP contribution in [-0.2, 0) is 11.2 Å². The summed E-state index contributed by atoms with van der Waals surface area (Å²) in [5.41, 5.74) is 0.970. The number of rotatable bonds is 6. The lowest BCUT2D eigenvalue weighted by molar-refractivity contribution is -0.123. The van der Waals surface area contributed by atoms with Crippen LogP contribution in [0.3, 0.4) is 0 Å². The van der Waals surface area contributed by atoms with E-state index in [-0.39, 0.29) is 23.8 Å². The lowest BCUT2D eigenvalue weighted by Crippen LogP contribution is -2.47. The summed E-state index contributed by atoms with van der Waals surface area (Å²) in [6.45, 7) is 7.06. The molecule has 1 N–H and O–H groups in total. The topological polar surface area (TPSA) is 58.1 Å². The maximum absolute atomic E-state index is 13.0. The van der Waals surface area contributed by atoms with Gasteiger partial charge in [-0.2, -0.15) is 4.37 Å². The van der Waals surface area contributed by atoms with E-state index in [4.69, 9.17) is 0 Å². The standard InChI is InChI=1S/C19H25FN4OS/c1-12(2)13(3)21-18(25)16-5-4-10-24(16)19-22-17(23-26-19)11-14-6-8-15(20)9-7-14/h6-9,12-13,16H,4-5,10-11H2,1-3H3,(H,21,25)/t13-,16+/m0/s1. The van der Waals surface area contributed by atoms with E-state index in [2.05, 4.69) is 33.4 Å². The van der Waals surface area contributed by atoms with E-state index in [1.807, 2.05) is 6.92 Å². The van der Waals surface area contributed by atoms with Gasteiger partial charge >= 0.3 is 0 Å². The van der Waals surface area contributed by atoms with Crippen molar-refractivity contribution in [2.75, 3.05) is 11.4 Å². The van der Waals surface area contributed by atoms with Crippen molar-refractivity contribution >= 4 is 22.6 Å². The normalized spacial score (nSPS) is 18.3. The molecule has 1 fully saturated rings. The molecule has 140 valence electrons. The highest BCUT2D eigenvalue weighted by atomic mass is 32.1. The van der Waals surface area contributed by atoms with E-state index >= 15 is 0 Å². The molecule has 1 aromatic heterocycles. The average Bonchev–Trinajstić information content (AvgIpc) is 3.25. The fraction of sp³-hybridized carbons (Fsp3) is 0.526. The van der Waals surface area contributed by atoms with Crippen molar-refractivity contribution in [2.24, 2.45) is 5.92 Å². The maximum Gasteiger partial charge on any atom is 0.243 e. The summed E-state index contributed by atoms with van der Waals surface area (Å²) in [5, 5.41) is 3.90. The van der Waals surface area contributed by atoms with Crippen LogP contribution in [-0.4, -0.2) is 33.9 Å². The predicted molar refractivity (Wildman–Crippen MR) is 102 cm³/mol. The summed E-state index contributed by atoms with van der Waals surface area (Å²) in [6.07, 6.45) is 2.37. The molecule has 0 aliphatic carbocycles. The van der Waals surface area contributed by atoms with Gasteiger partial charge < -0.3 is 10.2 Å². The predicted octanol–water partition coefficient (Wildman–Crippen LogP) is 3.40. The molecule has 1 aliphatic heterocycles. The molecule has 0 saturated carbocycles. The maximum atomic E-state index is 13.0. The Morgan fingerprint density at radius 3 is 2.77 bits per heavy atom. The molecule has 2 aromatic rings. The Morgan fingerprint density at radius 1 is 1.35 bits per heavy atom. The number of aromatic nitrogens is 2. The number of halogens is 1. The summed E-state index contributed by atoms with van der Waals surface area (Å²) >= 11 is 1.33. The van der Waals surface area contributed by atoms with Crippen molar-refractivity contribution in [3.05, 3.63) is 41.5 Å². The Morgan fingerprint density at radius 2 is 2.08 bits per heavy atom. The summed E-state index contributed by atoms with van der Waals surface area (Å²) < 4.78 is 17.4. The second-order valence-corrected chi connectivity index (χ2v) is 7.92. The highest BCUT2D eigenvalue weighted by molar-refractivity contribution is 7.09. The van der Waals surface area contributed by atoms with E-state index in [9.17, 15) is 9.18 Å². The molecule has 26 heavy (non-hydrogen) atoms. The highest BCUT2D eigenvalue weighted by Gasteiger charge is 2.33. The van der Waals surface area contributed by atoms with Gasteiger partial charge in [0.15, 0.2) is 0 Å². The van der Waals surface area contributed by atoms with Crippen LogP contribution in [0.4, 0.5) is 9.52 Å². The SMILES string of the molecule is CC(C)[C@H](C)NC(=O)[C@H]1CCCN1c1nc(Cc2ccc(F)cc2)ns1. The van der Waals surface area contributed by atoms with Gasteiger partial charge in [-0.25, -0.2) is 9.37 Å². The molecule has 0 radical (unpaired) electrons. The number of carbonyl (C=O) groups excluding carboxylic acids is 1. The van der Waals surface area contributed by atoms with Gasteiger partial charge in [-0.3, -0.25) is 4.79 Å². The van der Waals surface area contributed by atoms with Gasteiger partial charge in [-0.05, 0) is 43.4 Å². The minimum absolute atomic E-state index is 0.0685. The van der Waals surface area contributed by atoms with E-state index in [0.29, 0.717) is 18.2 Å². The molecule has 0 bridgehead atoms. The smallest absolute Gasteiger partial charge is 0.243 e. The van der Waals surface area contributed by atoms with Gasteiger partial charge in [0, 0.05) is 30.5 Å². The summed E-state index contributed by atoms with van der Waals surface area (Å²) in [6, 6.07) is 6.35. The first kappa shape index (κ1) is 18.8. The minimum atomic E-state index is -0.248. The van der Waals surface area contributed by atoms with Crippen LogP contribution in [0.15, 0.2) is 24.3 Å². The second kappa shape index (κ2) is 8.12. The first-order valence-corrected chi connectivity index (χ1v) is 9.85. The zero-order valence-electron chi connectivity index (χ0n) is 15.4. The van der Waals surface area contributed by atoms with Crippen molar-refractivity contribution in [1.29, 1.82) is 0 Å². The summed E-state index contributed by atoms with van der Waals surface area (Å²) in [7, 11) is 0. The zero-order valence-corrected chi connectivity index (χ0v) is 16.2. The molecule has 2 heterocycles. The Hall–Kier alpha value is -2.02. The number of nitrogens with one attached hydrogen (secondary N) is 1. The first-order chi connectivity index (χ1) is 12.4. The molecule has 1 aliphatic rings. The van der Waals surface area contributed by atoms with Crippen LogP contribution in [0.5, 0.6) is 0 Å². The fourth-order valence-corrected chi connectivity index (χ4v) is 3.74. The first-order valence-electron chi connectivity index (χ1n) is 9.08. The third-order valence-corrected chi connectivity index (χ3v) is 5.70. The molecule has 1 aromatic carbocycles. The van der Waals surface area contributed by atoms with Crippen molar-refractivity contribution < 1.29 is 9.18 Å². The van der Waals surface area contributed by atoms with Crippen LogP contribution in [0.2, 0.25) is 0 Å². The van der Waals surface area contributed by atoms with Crippen LogP contribution >= 0.6 is 11.5 Å². The van der Waals surface area contributed by atoms with Gasteiger partial charge in [0.25, 0.3) is 0 Å². The van der Waals surface area contributed by atoms with Gasteiger partial charge in [0.05, 0.1) is 0 Å². The molecule has 1 saturated heterocycles. The minimum Gasteiger partial charge on any atom is -0.352 e. The molecule has 0 spiro atoms. The summed E-state index contributed by atoms with van der Waals surface area (Å²) in [4.78, 5) is 19.3. The van der Waals surface area contributed by atoms with Gasteiger partial charge in [-0.1, -0.05) is 26.0 Å². The van der Waals surface area contributed by atoms with E-state index in [0.717, 1.165) is 30.1 Å². The van der Waals surface area contributed by atoms with Gasteiger partial charge in [0.2, 0.25) is 11.0 Å². The number of hydrogen-bond donors (Lipinski definition) is 1. The van der Waals surface area contributed by atoms with Crippen molar-refractivity contribution in [3.63, 3.8) is 0 Å². The van der Waals surface area contributed by atoms with Crippen LogP contribution in [0, 0.1) is 11.7 Å². The monoisotopic (exact) mass is 376 g/mol. The third-order valence-electron chi connectivity index (χ3n) is 4.90. The fourth-order valence-electron chi connectivity index (χ4n) is 2.97. The van der Waals surface area contributed by atoms with Gasteiger partial charge in [-0.15, -0.1) is 0 Å². The Balaban J connectivity index is 1.67. The summed E-state index contributed by atoms with van der Waals surface area (Å²) in [5.74, 6) is 0.928. The van der Waals surface area contributed by atoms with Crippen LogP contribution in [0.1, 0.15) is 45.0 Å². The Bertz CT molecular complexity index is 746. The molecular formula is C19H25FN4OS. The number of nitrogens with zero attached hydrogens (tertiary/aromatic N) is 3. The van der Waals surface area contributed by atoms with E-state index in [1.165, 1.54) is 23.7 Å². The number of amides is 1. The molecule has 5 nitrogen and oxygen atoms in total. The Labute approximate surface area is 157 Å². The van der Waals surface area contributed by atoms with Crippen molar-refractivity contribution in [3.8, 4) is 0 Å². The number of hydrogen-bond acceptors (Lipinski definition) is 5.